The van der Waals surface area contributed by atoms with E-state index < -0.39 is 0 Å². The van der Waals surface area contributed by atoms with Crippen LogP contribution >= 0.6 is 23.2 Å². The molecular formula is C13H20Cl2N2O2. The molecule has 0 radical (unpaired) electrons. The Morgan fingerprint density at radius 3 is 2.47 bits per heavy atom. The Labute approximate surface area is 124 Å². The number of methoxy groups -OCH3 is 2. The molecule has 108 valence electrons. The summed E-state index contributed by atoms with van der Waals surface area (Å²) in [5.74, 6) is 0. The summed E-state index contributed by atoms with van der Waals surface area (Å²) in [4.78, 5) is 6.31. The summed E-state index contributed by atoms with van der Waals surface area (Å²) in [6, 6.07) is 3.67. The van der Waals surface area contributed by atoms with E-state index in [4.69, 9.17) is 32.7 Å². The maximum Gasteiger partial charge on any atom is 0.135 e. The lowest BCUT2D eigenvalue weighted by molar-refractivity contribution is 0.129. The molecule has 0 saturated heterocycles. The summed E-state index contributed by atoms with van der Waals surface area (Å²) in [6.07, 6.45) is 0.971. The number of rotatable bonds is 9. The Balaban J connectivity index is 2.58. The lowest BCUT2D eigenvalue weighted by atomic mass is 10.2. The molecule has 0 spiro atoms. The predicted octanol–water partition coefficient (Wildman–Crippen LogP) is 2.87. The van der Waals surface area contributed by atoms with Gasteiger partial charge >= 0.3 is 0 Å². The molecule has 0 amide bonds. The van der Waals surface area contributed by atoms with Crippen LogP contribution in [0.25, 0.3) is 0 Å². The van der Waals surface area contributed by atoms with E-state index in [9.17, 15) is 0 Å². The summed E-state index contributed by atoms with van der Waals surface area (Å²) in [7, 11) is 3.41. The Bertz CT molecular complexity index is 378. The van der Waals surface area contributed by atoms with Crippen LogP contribution < -0.4 is 0 Å². The largest absolute Gasteiger partial charge is 0.385 e. The molecule has 0 bridgehead atoms. The minimum Gasteiger partial charge on any atom is -0.385 e. The van der Waals surface area contributed by atoms with Gasteiger partial charge < -0.3 is 9.47 Å². The topological polar surface area (TPSA) is 34.6 Å². The average Bonchev–Trinajstić information content (AvgIpc) is 2.39. The SMILES string of the molecule is COCCCN(CCOC)Cc1ccc(Cl)nc1Cl. The van der Waals surface area contributed by atoms with Crippen molar-refractivity contribution in [2.75, 3.05) is 40.5 Å². The molecule has 0 N–H and O–H groups in total. The lowest BCUT2D eigenvalue weighted by Gasteiger charge is -2.22. The van der Waals surface area contributed by atoms with Crippen LogP contribution in [-0.4, -0.2) is 50.4 Å². The van der Waals surface area contributed by atoms with Crippen molar-refractivity contribution in [2.24, 2.45) is 0 Å². The highest BCUT2D eigenvalue weighted by molar-refractivity contribution is 6.32. The highest BCUT2D eigenvalue weighted by Crippen LogP contribution is 2.18. The zero-order valence-electron chi connectivity index (χ0n) is 11.4. The molecule has 1 aromatic heterocycles. The molecule has 6 heteroatoms. The van der Waals surface area contributed by atoms with Crippen molar-refractivity contribution < 1.29 is 9.47 Å². The maximum absolute atomic E-state index is 6.09. The zero-order chi connectivity index (χ0) is 14.1. The van der Waals surface area contributed by atoms with Gasteiger partial charge in [0, 0.05) is 46.0 Å². The maximum atomic E-state index is 6.09. The van der Waals surface area contributed by atoms with E-state index in [0.717, 1.165) is 38.2 Å². The van der Waals surface area contributed by atoms with E-state index in [1.54, 1.807) is 20.3 Å². The second kappa shape index (κ2) is 9.50. The second-order valence-corrected chi connectivity index (χ2v) is 4.94. The van der Waals surface area contributed by atoms with Gasteiger partial charge in [-0.3, -0.25) is 4.90 Å². The van der Waals surface area contributed by atoms with Gasteiger partial charge in [-0.15, -0.1) is 0 Å². The first kappa shape index (κ1) is 16.7. The normalized spacial score (nSPS) is 11.2. The van der Waals surface area contributed by atoms with Crippen molar-refractivity contribution in [3.8, 4) is 0 Å². The van der Waals surface area contributed by atoms with Gasteiger partial charge in [0.25, 0.3) is 0 Å². The Kier molecular flexibility index (Phi) is 8.34. The summed E-state index contributed by atoms with van der Waals surface area (Å²) in [6.45, 7) is 3.94. The number of aromatic nitrogens is 1. The fourth-order valence-electron chi connectivity index (χ4n) is 1.72. The second-order valence-electron chi connectivity index (χ2n) is 4.20. The smallest absolute Gasteiger partial charge is 0.135 e. The number of hydrogen-bond donors (Lipinski definition) is 0. The lowest BCUT2D eigenvalue weighted by Crippen LogP contribution is -2.29. The molecular weight excluding hydrogens is 287 g/mol. The van der Waals surface area contributed by atoms with Crippen LogP contribution in [0.15, 0.2) is 12.1 Å². The van der Waals surface area contributed by atoms with Crippen molar-refractivity contribution >= 4 is 23.2 Å². The van der Waals surface area contributed by atoms with E-state index in [2.05, 4.69) is 9.88 Å². The minimum atomic E-state index is 0.413. The molecule has 0 aliphatic heterocycles. The van der Waals surface area contributed by atoms with Crippen LogP contribution in [0.4, 0.5) is 0 Å². The van der Waals surface area contributed by atoms with Crippen LogP contribution in [-0.2, 0) is 16.0 Å². The molecule has 0 aliphatic rings. The molecule has 4 nitrogen and oxygen atoms in total. The van der Waals surface area contributed by atoms with Gasteiger partial charge in [0.15, 0.2) is 0 Å². The monoisotopic (exact) mass is 306 g/mol. The van der Waals surface area contributed by atoms with E-state index in [0.29, 0.717) is 16.9 Å². The molecule has 0 aliphatic carbocycles. The quantitative estimate of drug-likeness (QED) is 0.519. The Morgan fingerprint density at radius 1 is 1.11 bits per heavy atom. The van der Waals surface area contributed by atoms with Crippen LogP contribution in [0.5, 0.6) is 0 Å². The van der Waals surface area contributed by atoms with Crippen molar-refractivity contribution in [1.82, 2.24) is 9.88 Å². The first-order valence-corrected chi connectivity index (χ1v) is 6.94. The predicted molar refractivity (Wildman–Crippen MR) is 77.9 cm³/mol. The molecule has 19 heavy (non-hydrogen) atoms. The van der Waals surface area contributed by atoms with E-state index in [-0.39, 0.29) is 0 Å². The molecule has 0 fully saturated rings. The van der Waals surface area contributed by atoms with Crippen molar-refractivity contribution in [3.63, 3.8) is 0 Å². The highest BCUT2D eigenvalue weighted by atomic mass is 35.5. The third kappa shape index (κ3) is 6.54. The van der Waals surface area contributed by atoms with Gasteiger partial charge in [0.05, 0.1) is 6.61 Å². The van der Waals surface area contributed by atoms with Gasteiger partial charge in [-0.1, -0.05) is 29.3 Å². The van der Waals surface area contributed by atoms with Gasteiger partial charge in [0.2, 0.25) is 0 Å². The number of ether oxygens (including phenoxy) is 2. The standard InChI is InChI=1S/C13H20Cl2N2O2/c1-18-8-3-6-17(7-9-19-2)10-11-4-5-12(14)16-13(11)15/h4-5H,3,6-10H2,1-2H3. The number of nitrogens with zero attached hydrogens (tertiary/aromatic N) is 2. The molecule has 0 atom stereocenters. The molecule has 1 aromatic rings. The average molecular weight is 307 g/mol. The van der Waals surface area contributed by atoms with Gasteiger partial charge in [-0.25, -0.2) is 4.98 Å². The number of halogens is 2. The third-order valence-corrected chi connectivity index (χ3v) is 3.26. The molecule has 0 saturated carbocycles. The van der Waals surface area contributed by atoms with Crippen molar-refractivity contribution in [1.29, 1.82) is 0 Å². The zero-order valence-corrected chi connectivity index (χ0v) is 12.9. The van der Waals surface area contributed by atoms with Crippen molar-refractivity contribution in [2.45, 2.75) is 13.0 Å². The molecule has 1 rings (SSSR count). The van der Waals surface area contributed by atoms with Crippen molar-refractivity contribution in [3.05, 3.63) is 28.0 Å². The van der Waals surface area contributed by atoms with Crippen LogP contribution in [0.1, 0.15) is 12.0 Å². The third-order valence-electron chi connectivity index (χ3n) is 2.72. The van der Waals surface area contributed by atoms with Crippen LogP contribution in [0.2, 0.25) is 10.3 Å². The highest BCUT2D eigenvalue weighted by Gasteiger charge is 2.09. The summed E-state index contributed by atoms with van der Waals surface area (Å²) < 4.78 is 10.2. The Hall–Kier alpha value is -0.390. The van der Waals surface area contributed by atoms with Gasteiger partial charge in [-0.05, 0) is 12.5 Å². The summed E-state index contributed by atoms with van der Waals surface area (Å²) in [5.41, 5.74) is 0.972. The van der Waals surface area contributed by atoms with Gasteiger partial charge in [0.1, 0.15) is 10.3 Å². The van der Waals surface area contributed by atoms with Crippen LogP contribution in [0.3, 0.4) is 0 Å². The minimum absolute atomic E-state index is 0.413. The molecule has 1 heterocycles. The molecule has 0 aromatic carbocycles. The Morgan fingerprint density at radius 2 is 1.84 bits per heavy atom. The number of pyridine rings is 1. The van der Waals surface area contributed by atoms with Gasteiger partial charge in [-0.2, -0.15) is 0 Å². The first-order chi connectivity index (χ1) is 9.17. The number of hydrogen-bond acceptors (Lipinski definition) is 4. The summed E-state index contributed by atoms with van der Waals surface area (Å²) >= 11 is 11.9. The first-order valence-electron chi connectivity index (χ1n) is 6.18. The molecule has 0 unspecified atom stereocenters. The van der Waals surface area contributed by atoms with E-state index in [1.165, 1.54) is 0 Å². The fraction of sp³-hybridized carbons (Fsp3) is 0.615. The van der Waals surface area contributed by atoms with E-state index in [1.807, 2.05) is 6.07 Å². The van der Waals surface area contributed by atoms with Crippen LogP contribution in [0, 0.1) is 0 Å². The summed E-state index contributed by atoms with van der Waals surface area (Å²) in [5, 5.41) is 0.873. The fourth-order valence-corrected chi connectivity index (χ4v) is 2.13. The van der Waals surface area contributed by atoms with E-state index >= 15 is 0 Å².